The molecule has 0 saturated heterocycles. The van der Waals surface area contributed by atoms with Gasteiger partial charge in [0, 0.05) is 6.04 Å². The molecule has 5 heteroatoms. The van der Waals surface area contributed by atoms with Crippen LogP contribution in [0.2, 0.25) is 0 Å². The first-order valence-electron chi connectivity index (χ1n) is 7.95. The molecule has 0 aromatic carbocycles. The highest BCUT2D eigenvalue weighted by Crippen LogP contribution is 2.29. The van der Waals surface area contributed by atoms with Crippen molar-refractivity contribution in [3.8, 4) is 0 Å². The number of furan rings is 1. The van der Waals surface area contributed by atoms with Gasteiger partial charge in [0.1, 0.15) is 11.3 Å². The lowest BCUT2D eigenvalue weighted by molar-refractivity contribution is -0.130. The van der Waals surface area contributed by atoms with Crippen LogP contribution in [0.4, 0.5) is 0 Å². The van der Waals surface area contributed by atoms with Crippen molar-refractivity contribution in [1.82, 2.24) is 5.32 Å². The molecule has 1 fully saturated rings. The molecule has 1 aromatic heterocycles. The molecule has 0 unspecified atom stereocenters. The molecule has 122 valence electrons. The number of aryl methyl sites for hydroxylation is 1. The first-order valence-corrected chi connectivity index (χ1v) is 7.95. The summed E-state index contributed by atoms with van der Waals surface area (Å²) in [6.07, 6.45) is 3.93. The lowest BCUT2D eigenvalue weighted by Gasteiger charge is -2.35. The largest absolute Gasteiger partial charge is 0.469 e. The lowest BCUT2D eigenvalue weighted by Crippen LogP contribution is -2.47. The van der Waals surface area contributed by atoms with E-state index in [1.165, 1.54) is 12.7 Å². The Balaban J connectivity index is 1.89. The van der Waals surface area contributed by atoms with E-state index in [1.54, 1.807) is 19.9 Å². The molecule has 1 amide bonds. The molecular formula is C17H25NO4. The van der Waals surface area contributed by atoms with E-state index in [9.17, 15) is 9.59 Å². The van der Waals surface area contributed by atoms with Crippen molar-refractivity contribution in [2.75, 3.05) is 0 Å². The van der Waals surface area contributed by atoms with Gasteiger partial charge in [-0.3, -0.25) is 4.79 Å². The quantitative estimate of drug-likeness (QED) is 0.868. The summed E-state index contributed by atoms with van der Waals surface area (Å²) >= 11 is 0. The van der Waals surface area contributed by atoms with Gasteiger partial charge in [-0.1, -0.05) is 26.7 Å². The average molecular weight is 307 g/mol. The molecule has 1 aliphatic carbocycles. The van der Waals surface area contributed by atoms with Gasteiger partial charge in [-0.25, -0.2) is 4.79 Å². The number of hydrogen-bond acceptors (Lipinski definition) is 4. The lowest BCUT2D eigenvalue weighted by atomic mass is 9.78. The highest BCUT2D eigenvalue weighted by Gasteiger charge is 2.30. The van der Waals surface area contributed by atoms with E-state index in [0.717, 1.165) is 12.8 Å². The monoisotopic (exact) mass is 307 g/mol. The van der Waals surface area contributed by atoms with Gasteiger partial charge >= 0.3 is 5.97 Å². The Morgan fingerprint density at radius 1 is 1.36 bits per heavy atom. The number of nitrogens with one attached hydrogen (secondary N) is 1. The molecule has 2 rings (SSSR count). The van der Waals surface area contributed by atoms with Gasteiger partial charge in [0.15, 0.2) is 6.10 Å². The maximum Gasteiger partial charge on any atom is 0.342 e. The van der Waals surface area contributed by atoms with Crippen LogP contribution in [0.3, 0.4) is 0 Å². The van der Waals surface area contributed by atoms with Crippen LogP contribution < -0.4 is 5.32 Å². The highest BCUT2D eigenvalue weighted by molar-refractivity contribution is 5.93. The fourth-order valence-electron chi connectivity index (χ4n) is 2.96. The third kappa shape index (κ3) is 3.70. The van der Waals surface area contributed by atoms with E-state index >= 15 is 0 Å². The average Bonchev–Trinajstić information content (AvgIpc) is 2.90. The Morgan fingerprint density at radius 2 is 2.09 bits per heavy atom. The van der Waals surface area contributed by atoms with Crippen LogP contribution in [0.25, 0.3) is 0 Å². The van der Waals surface area contributed by atoms with Crippen molar-refractivity contribution in [1.29, 1.82) is 0 Å². The Labute approximate surface area is 131 Å². The van der Waals surface area contributed by atoms with Crippen molar-refractivity contribution in [2.45, 2.75) is 59.1 Å². The van der Waals surface area contributed by atoms with E-state index in [0.29, 0.717) is 23.2 Å². The fraction of sp³-hybridized carbons (Fsp3) is 0.647. The van der Waals surface area contributed by atoms with Gasteiger partial charge in [0.05, 0.1) is 6.26 Å². The number of esters is 1. The van der Waals surface area contributed by atoms with Crippen LogP contribution in [0.15, 0.2) is 16.7 Å². The maximum absolute atomic E-state index is 12.2. The molecule has 4 atom stereocenters. The number of ether oxygens (including phenoxy) is 1. The first-order chi connectivity index (χ1) is 10.4. The molecule has 0 radical (unpaired) electrons. The van der Waals surface area contributed by atoms with E-state index in [2.05, 4.69) is 19.2 Å². The van der Waals surface area contributed by atoms with Gasteiger partial charge in [-0.15, -0.1) is 0 Å². The number of carbonyl (C=O) groups is 2. The van der Waals surface area contributed by atoms with Crippen molar-refractivity contribution < 1.29 is 18.7 Å². The number of rotatable bonds is 4. The summed E-state index contributed by atoms with van der Waals surface area (Å²) < 4.78 is 10.3. The van der Waals surface area contributed by atoms with Crippen LogP contribution in [0, 0.1) is 18.8 Å². The summed E-state index contributed by atoms with van der Waals surface area (Å²) in [4.78, 5) is 24.2. The zero-order chi connectivity index (χ0) is 16.3. The molecule has 0 aliphatic heterocycles. The molecule has 0 spiro atoms. The summed E-state index contributed by atoms with van der Waals surface area (Å²) in [7, 11) is 0. The molecule has 0 bridgehead atoms. The SMILES string of the molecule is Cc1occc1C(=O)O[C@@H](C)C(=O)N[C@H]1CCC[C@H](C)[C@@H]1C. The van der Waals surface area contributed by atoms with Crippen molar-refractivity contribution in [2.24, 2.45) is 11.8 Å². The minimum atomic E-state index is -0.814. The molecule has 1 saturated carbocycles. The number of hydrogen-bond donors (Lipinski definition) is 1. The van der Waals surface area contributed by atoms with Gasteiger partial charge < -0.3 is 14.5 Å². The second-order valence-corrected chi connectivity index (χ2v) is 6.32. The topological polar surface area (TPSA) is 68.5 Å². The number of carbonyl (C=O) groups excluding carboxylic acids is 2. The van der Waals surface area contributed by atoms with E-state index in [4.69, 9.17) is 9.15 Å². The molecular weight excluding hydrogens is 282 g/mol. The molecule has 1 aliphatic rings. The zero-order valence-electron chi connectivity index (χ0n) is 13.7. The van der Waals surface area contributed by atoms with Gasteiger partial charge in [0.2, 0.25) is 0 Å². The third-order valence-electron chi connectivity index (χ3n) is 4.77. The van der Waals surface area contributed by atoms with E-state index in [1.807, 2.05) is 0 Å². The van der Waals surface area contributed by atoms with Gasteiger partial charge in [-0.2, -0.15) is 0 Å². The number of amides is 1. The van der Waals surface area contributed by atoms with Crippen LogP contribution in [0.1, 0.15) is 56.2 Å². The Bertz CT molecular complexity index is 537. The normalized spacial score (nSPS) is 26.3. The summed E-state index contributed by atoms with van der Waals surface area (Å²) in [6.45, 7) is 7.67. The predicted octanol–water partition coefficient (Wildman–Crippen LogP) is 3.07. The maximum atomic E-state index is 12.2. The summed E-state index contributed by atoms with van der Waals surface area (Å²) in [6, 6.07) is 1.71. The Morgan fingerprint density at radius 3 is 2.73 bits per heavy atom. The molecule has 22 heavy (non-hydrogen) atoms. The fourth-order valence-corrected chi connectivity index (χ4v) is 2.96. The Hall–Kier alpha value is -1.78. The minimum Gasteiger partial charge on any atom is -0.469 e. The molecule has 1 N–H and O–H groups in total. The second-order valence-electron chi connectivity index (χ2n) is 6.32. The van der Waals surface area contributed by atoms with Crippen molar-refractivity contribution in [3.05, 3.63) is 23.7 Å². The van der Waals surface area contributed by atoms with E-state index in [-0.39, 0.29) is 11.9 Å². The smallest absolute Gasteiger partial charge is 0.342 e. The van der Waals surface area contributed by atoms with Crippen molar-refractivity contribution in [3.63, 3.8) is 0 Å². The predicted molar refractivity (Wildman–Crippen MR) is 82.4 cm³/mol. The van der Waals surface area contributed by atoms with Crippen LogP contribution in [-0.2, 0) is 9.53 Å². The standard InChI is InChI=1S/C17H25NO4/c1-10-6-5-7-15(11(10)2)18-16(19)13(4)22-17(20)14-8-9-21-12(14)3/h8-11,13,15H,5-7H2,1-4H3,(H,18,19)/t10-,11-,13-,15-/m0/s1. The summed E-state index contributed by atoms with van der Waals surface area (Å²) in [5.41, 5.74) is 0.360. The minimum absolute atomic E-state index is 0.160. The van der Waals surface area contributed by atoms with Crippen LogP contribution in [-0.4, -0.2) is 24.0 Å². The summed E-state index contributed by atoms with van der Waals surface area (Å²) in [5.74, 6) is 0.772. The van der Waals surface area contributed by atoms with Crippen LogP contribution in [0.5, 0.6) is 0 Å². The third-order valence-corrected chi connectivity index (χ3v) is 4.77. The highest BCUT2D eigenvalue weighted by atomic mass is 16.5. The molecule has 1 heterocycles. The van der Waals surface area contributed by atoms with Crippen LogP contribution >= 0.6 is 0 Å². The second kappa shape index (κ2) is 6.99. The van der Waals surface area contributed by atoms with Crippen molar-refractivity contribution >= 4 is 11.9 Å². The summed E-state index contributed by atoms with van der Waals surface area (Å²) in [5, 5.41) is 3.02. The van der Waals surface area contributed by atoms with Gasteiger partial charge in [-0.05, 0) is 38.2 Å². The molecule has 1 aromatic rings. The van der Waals surface area contributed by atoms with E-state index < -0.39 is 12.1 Å². The first kappa shape index (κ1) is 16.6. The zero-order valence-corrected chi connectivity index (χ0v) is 13.7. The Kier molecular flexibility index (Phi) is 5.27. The van der Waals surface area contributed by atoms with Gasteiger partial charge in [0.25, 0.3) is 5.91 Å². The molecule has 5 nitrogen and oxygen atoms in total.